The average molecular weight is 585 g/mol. The molecule has 0 aliphatic heterocycles. The molecular weight excluding hydrogens is 540 g/mol. The SMILES string of the molecule is Cc1ccc(NC(=O)C2C(=O)CC(C)(O)C(C(=O)Nc3ccc(C)cc3C)C2c2ccc(OCCC(C)C)cc2)c(C)c1. The van der Waals surface area contributed by atoms with Crippen LogP contribution < -0.4 is 15.4 Å². The molecule has 3 aromatic rings. The molecule has 0 saturated heterocycles. The molecule has 1 aliphatic rings. The van der Waals surface area contributed by atoms with Crippen LogP contribution in [-0.4, -0.2) is 34.9 Å². The number of aryl methyl sites for hydroxylation is 4. The highest BCUT2D eigenvalue weighted by atomic mass is 16.5. The van der Waals surface area contributed by atoms with Crippen LogP contribution in [0.25, 0.3) is 0 Å². The monoisotopic (exact) mass is 584 g/mol. The Morgan fingerprint density at radius 2 is 1.42 bits per heavy atom. The fourth-order valence-corrected chi connectivity index (χ4v) is 6.02. The Kier molecular flexibility index (Phi) is 9.75. The minimum Gasteiger partial charge on any atom is -0.494 e. The molecule has 0 bridgehead atoms. The van der Waals surface area contributed by atoms with Crippen LogP contribution in [0.4, 0.5) is 11.4 Å². The summed E-state index contributed by atoms with van der Waals surface area (Å²) in [6, 6.07) is 18.5. The molecule has 7 nitrogen and oxygen atoms in total. The van der Waals surface area contributed by atoms with Crippen molar-refractivity contribution in [2.24, 2.45) is 17.8 Å². The molecule has 1 saturated carbocycles. The molecule has 228 valence electrons. The summed E-state index contributed by atoms with van der Waals surface area (Å²) in [5, 5.41) is 17.6. The Morgan fingerprint density at radius 3 is 1.93 bits per heavy atom. The van der Waals surface area contributed by atoms with Crippen LogP contribution in [0, 0.1) is 45.4 Å². The van der Waals surface area contributed by atoms with Gasteiger partial charge in [0, 0.05) is 23.7 Å². The molecule has 4 rings (SSSR count). The smallest absolute Gasteiger partial charge is 0.235 e. The molecule has 0 radical (unpaired) electrons. The Hall–Kier alpha value is -3.97. The number of benzene rings is 3. The number of Topliss-reactive ketones (excluding diaryl/α,β-unsaturated/α-hetero) is 1. The van der Waals surface area contributed by atoms with Gasteiger partial charge in [0.25, 0.3) is 0 Å². The van der Waals surface area contributed by atoms with Crippen molar-refractivity contribution >= 4 is 29.0 Å². The predicted octanol–water partition coefficient (Wildman–Crippen LogP) is 6.66. The zero-order valence-electron chi connectivity index (χ0n) is 26.3. The van der Waals surface area contributed by atoms with Gasteiger partial charge in [-0.25, -0.2) is 0 Å². The summed E-state index contributed by atoms with van der Waals surface area (Å²) in [4.78, 5) is 41.7. The second kappa shape index (κ2) is 13.1. The molecule has 1 aliphatic carbocycles. The molecular formula is C36H44N2O5. The Labute approximate surface area is 255 Å². The maximum atomic E-state index is 14.1. The van der Waals surface area contributed by atoms with Crippen LogP contribution in [0.3, 0.4) is 0 Å². The fourth-order valence-electron chi connectivity index (χ4n) is 6.02. The molecule has 43 heavy (non-hydrogen) atoms. The van der Waals surface area contributed by atoms with E-state index < -0.39 is 41.0 Å². The lowest BCUT2D eigenvalue weighted by molar-refractivity contribution is -0.150. The van der Waals surface area contributed by atoms with Crippen LogP contribution in [0.5, 0.6) is 5.75 Å². The van der Waals surface area contributed by atoms with Gasteiger partial charge in [-0.05, 0) is 87.9 Å². The van der Waals surface area contributed by atoms with E-state index in [1.54, 1.807) is 24.3 Å². The normalized spacial score (nSPS) is 21.9. The molecule has 0 aromatic heterocycles. The Balaban J connectivity index is 1.74. The zero-order valence-corrected chi connectivity index (χ0v) is 26.3. The topological polar surface area (TPSA) is 105 Å². The summed E-state index contributed by atoms with van der Waals surface area (Å²) in [6.07, 6.45) is 0.582. The maximum Gasteiger partial charge on any atom is 0.235 e. The van der Waals surface area contributed by atoms with Crippen LogP contribution in [0.15, 0.2) is 60.7 Å². The van der Waals surface area contributed by atoms with E-state index in [2.05, 4.69) is 24.5 Å². The van der Waals surface area contributed by atoms with Crippen molar-refractivity contribution in [3.8, 4) is 5.75 Å². The first-order valence-corrected chi connectivity index (χ1v) is 15.0. The highest BCUT2D eigenvalue weighted by Crippen LogP contribution is 2.47. The molecule has 0 spiro atoms. The second-order valence-electron chi connectivity index (χ2n) is 12.7. The van der Waals surface area contributed by atoms with E-state index in [0.717, 1.165) is 28.7 Å². The van der Waals surface area contributed by atoms with Crippen LogP contribution in [0.1, 0.15) is 67.3 Å². The summed E-state index contributed by atoms with van der Waals surface area (Å²) in [6.45, 7) is 14.1. The van der Waals surface area contributed by atoms with Gasteiger partial charge in [-0.2, -0.15) is 0 Å². The number of ketones is 1. The maximum absolute atomic E-state index is 14.1. The lowest BCUT2D eigenvalue weighted by Gasteiger charge is -2.44. The minimum atomic E-state index is -1.69. The van der Waals surface area contributed by atoms with E-state index >= 15 is 0 Å². The zero-order chi connectivity index (χ0) is 31.5. The number of amides is 2. The first-order chi connectivity index (χ1) is 20.3. The quantitative estimate of drug-likeness (QED) is 0.244. The van der Waals surface area contributed by atoms with Gasteiger partial charge in [0.2, 0.25) is 11.8 Å². The van der Waals surface area contributed by atoms with Crippen molar-refractivity contribution < 1.29 is 24.2 Å². The number of rotatable bonds is 9. The number of aliphatic hydroxyl groups is 1. The molecule has 4 atom stereocenters. The molecule has 3 aromatic carbocycles. The Morgan fingerprint density at radius 1 is 0.884 bits per heavy atom. The fraction of sp³-hybridized carbons (Fsp3) is 0.417. The molecule has 0 heterocycles. The van der Waals surface area contributed by atoms with E-state index in [-0.39, 0.29) is 6.42 Å². The minimum absolute atomic E-state index is 0.324. The molecule has 3 N–H and O–H groups in total. The van der Waals surface area contributed by atoms with Crippen molar-refractivity contribution in [2.45, 2.75) is 72.8 Å². The lowest BCUT2D eigenvalue weighted by atomic mass is 9.61. The number of hydrogen-bond donors (Lipinski definition) is 3. The van der Waals surface area contributed by atoms with Gasteiger partial charge >= 0.3 is 0 Å². The van der Waals surface area contributed by atoms with Gasteiger partial charge in [0.15, 0.2) is 0 Å². The highest BCUT2D eigenvalue weighted by molar-refractivity contribution is 6.10. The van der Waals surface area contributed by atoms with Crippen molar-refractivity contribution in [3.05, 3.63) is 88.5 Å². The summed E-state index contributed by atoms with van der Waals surface area (Å²) in [5.41, 5.74) is 3.99. The standard InChI is InChI=1S/C36H44N2O5/c1-21(2)16-17-43-27-12-10-26(11-13-27)31-32(34(40)37-28-14-8-22(3)18-24(28)5)30(39)20-36(7,42)33(31)35(41)38-29-15-9-23(4)19-25(29)6/h8-15,18-19,21,31-33,42H,16-17,20H2,1-7H3,(H,37,40)(H,38,41). The first kappa shape index (κ1) is 32.0. The molecule has 2 amide bonds. The molecule has 4 unspecified atom stereocenters. The Bertz CT molecular complexity index is 1490. The number of carbonyl (C=O) groups is 3. The van der Waals surface area contributed by atoms with Gasteiger partial charge in [-0.1, -0.05) is 61.4 Å². The van der Waals surface area contributed by atoms with E-state index in [1.807, 2.05) is 64.1 Å². The number of hydrogen-bond acceptors (Lipinski definition) is 5. The van der Waals surface area contributed by atoms with Crippen molar-refractivity contribution in [2.75, 3.05) is 17.2 Å². The third kappa shape index (κ3) is 7.52. The predicted molar refractivity (Wildman–Crippen MR) is 170 cm³/mol. The summed E-state index contributed by atoms with van der Waals surface area (Å²) >= 11 is 0. The average Bonchev–Trinajstić information content (AvgIpc) is 2.91. The van der Waals surface area contributed by atoms with Gasteiger partial charge < -0.3 is 20.5 Å². The molecule has 1 fully saturated rings. The van der Waals surface area contributed by atoms with E-state index in [4.69, 9.17) is 4.74 Å². The van der Waals surface area contributed by atoms with E-state index in [1.165, 1.54) is 6.92 Å². The van der Waals surface area contributed by atoms with Gasteiger partial charge in [0.05, 0.1) is 18.1 Å². The van der Waals surface area contributed by atoms with Gasteiger partial charge in [-0.15, -0.1) is 0 Å². The highest BCUT2D eigenvalue weighted by Gasteiger charge is 2.56. The van der Waals surface area contributed by atoms with Gasteiger partial charge in [0.1, 0.15) is 17.5 Å². The van der Waals surface area contributed by atoms with Crippen LogP contribution in [0.2, 0.25) is 0 Å². The third-order valence-corrected chi connectivity index (χ3v) is 8.34. The summed E-state index contributed by atoms with van der Waals surface area (Å²) < 4.78 is 5.90. The number of anilines is 2. The number of carbonyl (C=O) groups excluding carboxylic acids is 3. The lowest BCUT2D eigenvalue weighted by Crippen LogP contribution is -2.56. The third-order valence-electron chi connectivity index (χ3n) is 8.34. The number of nitrogens with one attached hydrogen (secondary N) is 2. The van der Waals surface area contributed by atoms with E-state index in [0.29, 0.717) is 35.2 Å². The largest absolute Gasteiger partial charge is 0.494 e. The van der Waals surface area contributed by atoms with Crippen molar-refractivity contribution in [1.29, 1.82) is 0 Å². The number of ether oxygens (including phenoxy) is 1. The van der Waals surface area contributed by atoms with Crippen molar-refractivity contribution in [1.82, 2.24) is 0 Å². The molecule has 7 heteroatoms. The second-order valence-corrected chi connectivity index (χ2v) is 12.7. The van der Waals surface area contributed by atoms with Crippen LogP contribution in [-0.2, 0) is 14.4 Å². The van der Waals surface area contributed by atoms with Gasteiger partial charge in [-0.3, -0.25) is 14.4 Å². The van der Waals surface area contributed by atoms with Crippen molar-refractivity contribution in [3.63, 3.8) is 0 Å². The first-order valence-electron chi connectivity index (χ1n) is 15.0. The van der Waals surface area contributed by atoms with Crippen LogP contribution >= 0.6 is 0 Å². The summed E-state index contributed by atoms with van der Waals surface area (Å²) in [7, 11) is 0. The summed E-state index contributed by atoms with van der Waals surface area (Å²) in [5.74, 6) is -3.40. The van der Waals surface area contributed by atoms with E-state index in [9.17, 15) is 19.5 Å².